The van der Waals surface area contributed by atoms with E-state index >= 15 is 0 Å². The van der Waals surface area contributed by atoms with Gasteiger partial charge in [0.2, 0.25) is 5.91 Å². The zero-order valence-electron chi connectivity index (χ0n) is 27.2. The molecule has 2 aliphatic heterocycles. The summed E-state index contributed by atoms with van der Waals surface area (Å²) in [7, 11) is 1.41. The van der Waals surface area contributed by atoms with Crippen molar-refractivity contribution >= 4 is 41.1 Å². The SMILES string of the molecule is Cn1c(-c2cn[nH]c2C(F)(F)F)cnc1C(=O)Nc1ccc(C(=O)NC2[C@H]3CN(C(=O)C4CCN(C(=O)OC(C)(C)C)CC4)C[C@@H]23)c(Cl)c1. The van der Waals surface area contributed by atoms with Crippen LogP contribution in [0.4, 0.5) is 23.7 Å². The number of fused-ring (bicyclic) bond motifs is 1. The molecule has 4 heterocycles. The number of halogens is 4. The highest BCUT2D eigenvalue weighted by molar-refractivity contribution is 6.34. The van der Waals surface area contributed by atoms with Crippen LogP contribution >= 0.6 is 11.6 Å². The van der Waals surface area contributed by atoms with Gasteiger partial charge in [-0.15, -0.1) is 0 Å². The third-order valence-electron chi connectivity index (χ3n) is 9.16. The topological polar surface area (TPSA) is 155 Å². The van der Waals surface area contributed by atoms with Crippen molar-refractivity contribution < 1.29 is 37.1 Å². The maximum Gasteiger partial charge on any atom is 0.433 e. The third kappa shape index (κ3) is 7.09. The molecule has 49 heavy (non-hydrogen) atoms. The number of alkyl halides is 3. The van der Waals surface area contributed by atoms with Crippen molar-refractivity contribution in [2.45, 2.75) is 51.4 Å². The quantitative estimate of drug-likeness (QED) is 0.340. The number of carbonyl (C=O) groups excluding carboxylic acids is 4. The lowest BCUT2D eigenvalue weighted by atomic mass is 9.95. The Kier molecular flexibility index (Phi) is 8.88. The molecule has 0 radical (unpaired) electrons. The summed E-state index contributed by atoms with van der Waals surface area (Å²) >= 11 is 6.42. The van der Waals surface area contributed by atoms with Gasteiger partial charge in [-0.3, -0.25) is 19.5 Å². The summed E-state index contributed by atoms with van der Waals surface area (Å²) in [6, 6.07) is 4.27. The Hall–Kier alpha value is -4.60. The van der Waals surface area contributed by atoms with Gasteiger partial charge in [0.05, 0.1) is 34.2 Å². The Balaban J connectivity index is 0.989. The number of nitrogens with zero attached hydrogens (tertiary/aromatic N) is 5. The molecule has 4 amide bonds. The van der Waals surface area contributed by atoms with Crippen LogP contribution in [0.5, 0.6) is 0 Å². The monoisotopic (exact) mass is 704 g/mol. The molecule has 17 heteroatoms. The van der Waals surface area contributed by atoms with E-state index in [1.807, 2.05) is 30.8 Å². The number of nitrogens with one attached hydrogen (secondary N) is 3. The minimum absolute atomic E-state index is 0.0363. The van der Waals surface area contributed by atoms with Crippen LogP contribution in [0.15, 0.2) is 30.6 Å². The number of likely N-dealkylation sites (tertiary alicyclic amines) is 2. The molecule has 3 aliphatic rings. The molecule has 2 saturated heterocycles. The molecule has 3 N–H and O–H groups in total. The summed E-state index contributed by atoms with van der Waals surface area (Å²) in [6.07, 6.45) is -1.72. The average Bonchev–Trinajstić information content (AvgIpc) is 3.49. The van der Waals surface area contributed by atoms with Gasteiger partial charge in [-0.05, 0) is 51.8 Å². The van der Waals surface area contributed by atoms with Gasteiger partial charge in [-0.2, -0.15) is 18.3 Å². The second-order valence-corrected chi connectivity index (χ2v) is 14.1. The first-order valence-corrected chi connectivity index (χ1v) is 16.2. The number of hydrogen-bond acceptors (Lipinski definition) is 7. The molecule has 3 fully saturated rings. The number of ether oxygens (including phenoxy) is 1. The minimum atomic E-state index is -4.67. The Morgan fingerprint density at radius 3 is 2.29 bits per heavy atom. The summed E-state index contributed by atoms with van der Waals surface area (Å²) in [6.45, 7) is 7.49. The molecule has 1 aromatic carbocycles. The lowest BCUT2D eigenvalue weighted by molar-refractivity contribution is -0.140. The molecule has 3 aromatic rings. The number of aromatic amines is 1. The van der Waals surface area contributed by atoms with E-state index in [1.165, 1.54) is 29.8 Å². The predicted molar refractivity (Wildman–Crippen MR) is 171 cm³/mol. The normalized spacial score (nSPS) is 20.9. The van der Waals surface area contributed by atoms with E-state index in [2.05, 4.69) is 20.7 Å². The van der Waals surface area contributed by atoms with Crippen molar-refractivity contribution in [2.24, 2.45) is 24.8 Å². The van der Waals surface area contributed by atoms with Crippen LogP contribution in [0.25, 0.3) is 11.3 Å². The number of hydrogen-bond donors (Lipinski definition) is 3. The van der Waals surface area contributed by atoms with Gasteiger partial charge in [0.1, 0.15) is 11.3 Å². The van der Waals surface area contributed by atoms with E-state index in [0.29, 0.717) is 39.0 Å². The highest BCUT2D eigenvalue weighted by Gasteiger charge is 2.58. The molecule has 2 aromatic heterocycles. The largest absolute Gasteiger partial charge is 0.444 e. The molecule has 13 nitrogen and oxygen atoms in total. The fourth-order valence-corrected chi connectivity index (χ4v) is 6.84. The van der Waals surface area contributed by atoms with Gasteiger partial charge < -0.3 is 29.7 Å². The van der Waals surface area contributed by atoms with Gasteiger partial charge in [0, 0.05) is 62.7 Å². The molecular formula is C32H36ClF3N8O5. The van der Waals surface area contributed by atoms with E-state index in [1.54, 1.807) is 4.90 Å². The van der Waals surface area contributed by atoms with E-state index in [-0.39, 0.29) is 75.1 Å². The van der Waals surface area contributed by atoms with E-state index in [0.717, 1.165) is 12.4 Å². The second kappa shape index (κ2) is 12.7. The second-order valence-electron chi connectivity index (χ2n) is 13.6. The number of rotatable bonds is 6. The number of benzene rings is 1. The smallest absolute Gasteiger partial charge is 0.433 e. The van der Waals surface area contributed by atoms with E-state index in [9.17, 15) is 32.3 Å². The van der Waals surface area contributed by atoms with E-state index in [4.69, 9.17) is 16.3 Å². The molecule has 262 valence electrons. The van der Waals surface area contributed by atoms with E-state index < -0.39 is 23.4 Å². The van der Waals surface area contributed by atoms with Crippen LogP contribution in [0.2, 0.25) is 5.02 Å². The standard InChI is InChI=1S/C32H36ClF3N8O5/c1-31(2,3)49-30(48)43-9-7-16(8-10-43)29(47)44-14-20-21(15-44)24(20)40-27(45)18-6-5-17(11-22(18)33)39-28(46)26-37-13-23(42(26)4)19-12-38-41-25(19)32(34,35)36/h5-6,11-13,16,20-21,24H,7-10,14-15H2,1-4H3,(H,38,41)(H,39,46)(H,40,45)/t20-,21+,24?. The van der Waals surface area contributed by atoms with Gasteiger partial charge in [-0.25, -0.2) is 9.78 Å². The number of piperidine rings is 2. The van der Waals surface area contributed by atoms with Gasteiger partial charge >= 0.3 is 12.3 Å². The summed E-state index contributed by atoms with van der Waals surface area (Å²) in [5.41, 5.74) is -1.39. The van der Waals surface area contributed by atoms with Crippen LogP contribution in [-0.2, 0) is 22.8 Å². The van der Waals surface area contributed by atoms with Gasteiger partial charge in [-0.1, -0.05) is 11.6 Å². The van der Waals surface area contributed by atoms with Gasteiger partial charge in [0.15, 0.2) is 5.82 Å². The van der Waals surface area contributed by atoms with Crippen LogP contribution in [-0.4, -0.2) is 91.2 Å². The summed E-state index contributed by atoms with van der Waals surface area (Å²) < 4.78 is 46.7. The summed E-state index contributed by atoms with van der Waals surface area (Å²) in [5.74, 6) is -1.02. The zero-order chi connectivity index (χ0) is 35.4. The highest BCUT2D eigenvalue weighted by atomic mass is 35.5. The first-order valence-electron chi connectivity index (χ1n) is 15.8. The van der Waals surface area contributed by atoms with Crippen molar-refractivity contribution in [3.63, 3.8) is 0 Å². The Morgan fingerprint density at radius 1 is 1.00 bits per heavy atom. The predicted octanol–water partition coefficient (Wildman–Crippen LogP) is 4.57. The van der Waals surface area contributed by atoms with Crippen LogP contribution < -0.4 is 10.6 Å². The lowest BCUT2D eigenvalue weighted by Crippen LogP contribution is -2.46. The Morgan fingerprint density at radius 2 is 1.67 bits per heavy atom. The lowest BCUT2D eigenvalue weighted by Gasteiger charge is -2.34. The first-order chi connectivity index (χ1) is 23.0. The van der Waals surface area contributed by atoms with Crippen molar-refractivity contribution in [3.8, 4) is 11.3 Å². The average molecular weight is 705 g/mol. The molecule has 0 spiro atoms. The van der Waals surface area contributed by atoms with Crippen molar-refractivity contribution in [3.05, 3.63) is 52.7 Å². The number of anilines is 1. The maximum atomic E-state index is 13.3. The van der Waals surface area contributed by atoms with Gasteiger partial charge in [0.25, 0.3) is 11.8 Å². The Labute approximate surface area is 284 Å². The third-order valence-corrected chi connectivity index (χ3v) is 9.47. The number of amides is 4. The molecule has 1 saturated carbocycles. The minimum Gasteiger partial charge on any atom is -0.444 e. The molecule has 1 aliphatic carbocycles. The van der Waals surface area contributed by atoms with Crippen LogP contribution in [0.1, 0.15) is 60.3 Å². The number of H-pyrrole nitrogens is 1. The number of imidazole rings is 1. The molecule has 0 bridgehead atoms. The van der Waals surface area contributed by atoms with Crippen LogP contribution in [0.3, 0.4) is 0 Å². The summed E-state index contributed by atoms with van der Waals surface area (Å²) in [4.78, 5) is 59.1. The molecular weight excluding hydrogens is 669 g/mol. The number of carbonyl (C=O) groups is 4. The highest BCUT2D eigenvalue weighted by Crippen LogP contribution is 2.46. The van der Waals surface area contributed by atoms with Crippen LogP contribution in [0, 0.1) is 17.8 Å². The van der Waals surface area contributed by atoms with Crippen molar-refractivity contribution in [1.29, 1.82) is 0 Å². The fourth-order valence-electron chi connectivity index (χ4n) is 6.57. The maximum absolute atomic E-state index is 13.3. The molecule has 3 atom stereocenters. The number of aromatic nitrogens is 4. The zero-order valence-corrected chi connectivity index (χ0v) is 28.0. The van der Waals surface area contributed by atoms with Crippen molar-refractivity contribution in [2.75, 3.05) is 31.5 Å². The first kappa shape index (κ1) is 34.3. The fraction of sp³-hybridized carbons (Fsp3) is 0.500. The molecule has 1 unspecified atom stereocenters. The van der Waals surface area contributed by atoms with Crippen molar-refractivity contribution in [1.82, 2.24) is 34.9 Å². The Bertz CT molecular complexity index is 1780. The molecule has 6 rings (SSSR count). The summed E-state index contributed by atoms with van der Waals surface area (Å²) in [5, 5.41) is 11.1.